The molecule has 26 heavy (non-hydrogen) atoms. The zero-order chi connectivity index (χ0) is 18.7. The van der Waals surface area contributed by atoms with E-state index >= 15 is 0 Å². The van der Waals surface area contributed by atoms with E-state index in [1.807, 2.05) is 37.3 Å². The smallest absolute Gasteiger partial charge is 0.264 e. The molecule has 1 heterocycles. The van der Waals surface area contributed by atoms with Gasteiger partial charge in [-0.1, -0.05) is 36.4 Å². The standard InChI is InChI=1S/C20H24FNO3S/c1-14-7-3-4-10-17(14)19(15-8-5-9-16(21)13-15)20(25-26(2,23)24)18-11-6-12-22-18/h3-5,7-10,13,18-20,22H,6,11-12H2,1-2H3/t18-,19+,20+/m1/s1. The van der Waals surface area contributed by atoms with Gasteiger partial charge in [0.1, 0.15) is 11.9 Å². The monoisotopic (exact) mass is 377 g/mol. The number of nitrogens with one attached hydrogen (secondary N) is 1. The summed E-state index contributed by atoms with van der Waals surface area (Å²) in [6, 6.07) is 14.0. The molecule has 0 aliphatic carbocycles. The summed E-state index contributed by atoms with van der Waals surface area (Å²) in [5, 5.41) is 3.35. The van der Waals surface area contributed by atoms with Crippen LogP contribution in [0.3, 0.4) is 0 Å². The Morgan fingerprint density at radius 2 is 1.96 bits per heavy atom. The molecule has 3 atom stereocenters. The number of aryl methyl sites for hydroxylation is 1. The molecule has 1 fully saturated rings. The van der Waals surface area contributed by atoms with Gasteiger partial charge in [0, 0.05) is 12.0 Å². The third kappa shape index (κ3) is 4.50. The number of hydrogen-bond acceptors (Lipinski definition) is 4. The van der Waals surface area contributed by atoms with Gasteiger partial charge in [0.25, 0.3) is 10.1 Å². The molecule has 6 heteroatoms. The molecule has 0 aromatic heterocycles. The fourth-order valence-corrected chi connectivity index (χ4v) is 4.38. The first-order chi connectivity index (χ1) is 12.3. The Kier molecular flexibility index (Phi) is 5.75. The van der Waals surface area contributed by atoms with Crippen LogP contribution in [0.5, 0.6) is 0 Å². The van der Waals surface area contributed by atoms with Crippen LogP contribution in [0.2, 0.25) is 0 Å². The highest BCUT2D eigenvalue weighted by Crippen LogP contribution is 2.36. The van der Waals surface area contributed by atoms with E-state index < -0.39 is 22.1 Å². The van der Waals surface area contributed by atoms with Crippen LogP contribution in [0.4, 0.5) is 4.39 Å². The van der Waals surface area contributed by atoms with E-state index in [2.05, 4.69) is 5.32 Å². The first kappa shape index (κ1) is 19.0. The zero-order valence-corrected chi connectivity index (χ0v) is 15.8. The Hall–Kier alpha value is -1.76. The lowest BCUT2D eigenvalue weighted by Gasteiger charge is -2.32. The van der Waals surface area contributed by atoms with E-state index in [9.17, 15) is 12.8 Å². The van der Waals surface area contributed by atoms with Gasteiger partial charge >= 0.3 is 0 Å². The second-order valence-electron chi connectivity index (χ2n) is 6.86. The molecule has 4 nitrogen and oxygen atoms in total. The third-order valence-electron chi connectivity index (χ3n) is 4.84. The Bertz CT molecular complexity index is 863. The van der Waals surface area contributed by atoms with Crippen molar-refractivity contribution in [1.82, 2.24) is 5.32 Å². The molecule has 0 bridgehead atoms. The molecule has 0 saturated carbocycles. The van der Waals surface area contributed by atoms with Crippen molar-refractivity contribution in [3.05, 3.63) is 71.0 Å². The second kappa shape index (κ2) is 7.86. The lowest BCUT2D eigenvalue weighted by atomic mass is 9.81. The molecular formula is C20H24FNO3S. The van der Waals surface area contributed by atoms with Gasteiger partial charge in [-0.15, -0.1) is 0 Å². The highest BCUT2D eigenvalue weighted by atomic mass is 32.2. The second-order valence-corrected chi connectivity index (χ2v) is 8.46. The van der Waals surface area contributed by atoms with Crippen LogP contribution in [0.1, 0.15) is 35.4 Å². The quantitative estimate of drug-likeness (QED) is 0.785. The fraction of sp³-hybridized carbons (Fsp3) is 0.400. The summed E-state index contributed by atoms with van der Waals surface area (Å²) in [6.45, 7) is 2.79. The average Bonchev–Trinajstić information content (AvgIpc) is 3.09. The summed E-state index contributed by atoms with van der Waals surface area (Å²) in [5.41, 5.74) is 2.67. The topological polar surface area (TPSA) is 55.4 Å². The van der Waals surface area contributed by atoms with E-state index in [1.165, 1.54) is 12.1 Å². The summed E-state index contributed by atoms with van der Waals surface area (Å²) >= 11 is 0. The Labute approximate surface area is 154 Å². The predicted molar refractivity (Wildman–Crippen MR) is 100 cm³/mol. The molecule has 0 radical (unpaired) electrons. The highest BCUT2D eigenvalue weighted by molar-refractivity contribution is 7.86. The van der Waals surface area contributed by atoms with Gasteiger partial charge in [0.15, 0.2) is 0 Å². The van der Waals surface area contributed by atoms with Crippen molar-refractivity contribution < 1.29 is 17.0 Å². The Morgan fingerprint density at radius 3 is 2.58 bits per heavy atom. The van der Waals surface area contributed by atoms with Gasteiger partial charge in [0.2, 0.25) is 0 Å². The SMILES string of the molecule is Cc1ccccc1[C@H](c1cccc(F)c1)[C@@H](OS(C)(=O)=O)[C@H]1CCCN1. The summed E-state index contributed by atoms with van der Waals surface area (Å²) in [6.07, 6.45) is 2.20. The molecule has 1 aliphatic rings. The minimum absolute atomic E-state index is 0.113. The maximum atomic E-state index is 13.9. The normalized spacial score (nSPS) is 20.0. The van der Waals surface area contributed by atoms with E-state index in [-0.39, 0.29) is 11.9 Å². The van der Waals surface area contributed by atoms with Gasteiger partial charge in [-0.25, -0.2) is 4.39 Å². The van der Waals surface area contributed by atoms with Crippen LogP contribution < -0.4 is 5.32 Å². The highest BCUT2D eigenvalue weighted by Gasteiger charge is 2.37. The van der Waals surface area contributed by atoms with Crippen molar-refractivity contribution in [3.8, 4) is 0 Å². The number of halogens is 1. The average molecular weight is 377 g/mol. The molecule has 0 spiro atoms. The molecule has 2 aromatic carbocycles. The van der Waals surface area contributed by atoms with E-state index in [0.29, 0.717) is 5.56 Å². The van der Waals surface area contributed by atoms with Gasteiger partial charge < -0.3 is 5.32 Å². The van der Waals surface area contributed by atoms with Crippen LogP contribution in [-0.4, -0.2) is 33.4 Å². The van der Waals surface area contributed by atoms with Crippen LogP contribution in [0, 0.1) is 12.7 Å². The summed E-state index contributed by atoms with van der Waals surface area (Å²) < 4.78 is 43.5. The van der Waals surface area contributed by atoms with Crippen molar-refractivity contribution in [2.24, 2.45) is 0 Å². The lowest BCUT2D eigenvalue weighted by Crippen LogP contribution is -2.42. The first-order valence-electron chi connectivity index (χ1n) is 8.78. The molecule has 3 rings (SSSR count). The minimum atomic E-state index is -3.68. The van der Waals surface area contributed by atoms with Crippen molar-refractivity contribution >= 4 is 10.1 Å². The van der Waals surface area contributed by atoms with Crippen LogP contribution in [0.25, 0.3) is 0 Å². The maximum Gasteiger partial charge on any atom is 0.264 e. The molecule has 1 saturated heterocycles. The van der Waals surface area contributed by atoms with E-state index in [0.717, 1.165) is 36.8 Å². The maximum absolute atomic E-state index is 13.9. The molecule has 2 aromatic rings. The summed E-state index contributed by atoms with van der Waals surface area (Å²) in [5.74, 6) is -0.740. The minimum Gasteiger partial charge on any atom is -0.311 e. The zero-order valence-electron chi connectivity index (χ0n) is 15.0. The van der Waals surface area contributed by atoms with Gasteiger partial charge in [-0.2, -0.15) is 8.42 Å². The molecular weight excluding hydrogens is 353 g/mol. The lowest BCUT2D eigenvalue weighted by molar-refractivity contribution is 0.152. The fourth-order valence-electron chi connectivity index (χ4n) is 3.73. The molecule has 0 unspecified atom stereocenters. The summed E-state index contributed by atoms with van der Waals surface area (Å²) in [4.78, 5) is 0. The Morgan fingerprint density at radius 1 is 1.19 bits per heavy atom. The van der Waals surface area contributed by atoms with E-state index in [1.54, 1.807) is 6.07 Å². The largest absolute Gasteiger partial charge is 0.311 e. The van der Waals surface area contributed by atoms with Gasteiger partial charge in [-0.3, -0.25) is 4.18 Å². The predicted octanol–water partition coefficient (Wildman–Crippen LogP) is 3.36. The number of rotatable bonds is 6. The van der Waals surface area contributed by atoms with E-state index in [4.69, 9.17) is 4.18 Å². The Balaban J connectivity index is 2.14. The van der Waals surface area contributed by atoms with Gasteiger partial charge in [-0.05, 0) is 55.1 Å². The van der Waals surface area contributed by atoms with Crippen molar-refractivity contribution in [1.29, 1.82) is 0 Å². The van der Waals surface area contributed by atoms with Gasteiger partial charge in [0.05, 0.1) is 6.26 Å². The molecule has 1 aliphatic heterocycles. The molecule has 140 valence electrons. The van der Waals surface area contributed by atoms with Crippen molar-refractivity contribution in [2.75, 3.05) is 12.8 Å². The van der Waals surface area contributed by atoms with Crippen molar-refractivity contribution in [2.45, 2.75) is 37.8 Å². The molecule has 1 N–H and O–H groups in total. The number of hydrogen-bond donors (Lipinski definition) is 1. The third-order valence-corrected chi connectivity index (χ3v) is 5.41. The molecule has 0 amide bonds. The van der Waals surface area contributed by atoms with Crippen LogP contribution in [-0.2, 0) is 14.3 Å². The summed E-state index contributed by atoms with van der Waals surface area (Å²) in [7, 11) is -3.68. The van der Waals surface area contributed by atoms with Crippen LogP contribution in [0.15, 0.2) is 48.5 Å². The number of benzene rings is 2. The first-order valence-corrected chi connectivity index (χ1v) is 10.6. The van der Waals surface area contributed by atoms with Crippen LogP contribution >= 0.6 is 0 Å². The van der Waals surface area contributed by atoms with Crippen molar-refractivity contribution in [3.63, 3.8) is 0 Å².